The highest BCUT2D eigenvalue weighted by Gasteiger charge is 2.52. The predicted octanol–water partition coefficient (Wildman–Crippen LogP) is 2.43. The molecule has 1 saturated heterocycles. The first-order valence-electron chi connectivity index (χ1n) is 8.80. The number of nitrogens with one attached hydrogen (secondary N) is 1. The minimum atomic E-state index is -0.468. The zero-order chi connectivity index (χ0) is 15.3. The van der Waals surface area contributed by atoms with Gasteiger partial charge in [-0.15, -0.1) is 0 Å². The molecule has 2 fully saturated rings. The molecular formula is C17H32N2O2. The number of hydrogen-bond acceptors (Lipinski definition) is 4. The lowest BCUT2D eigenvalue weighted by Crippen LogP contribution is -2.62. The normalized spacial score (nSPS) is 23.8. The minimum Gasteiger partial charge on any atom is -0.465 e. The zero-order valence-corrected chi connectivity index (χ0v) is 14.0. The second kappa shape index (κ2) is 7.59. The summed E-state index contributed by atoms with van der Waals surface area (Å²) in [4.78, 5) is 15.1. The number of nitrogens with zero attached hydrogens (tertiary/aromatic N) is 1. The van der Waals surface area contributed by atoms with E-state index in [0.717, 1.165) is 44.9 Å². The standard InChI is InChI=1S/C17H32N2O2/c1-4-14-9-11-19(12-10-14)13-17(18-5-2,15-7-8-15)16(20)21-6-3/h14-15,18H,4-13H2,1-3H3. The molecule has 0 aromatic rings. The third-order valence-corrected chi connectivity index (χ3v) is 5.16. The van der Waals surface area contributed by atoms with Crippen molar-refractivity contribution in [3.05, 3.63) is 0 Å². The summed E-state index contributed by atoms with van der Waals surface area (Å²) in [6.45, 7) is 10.6. The quantitative estimate of drug-likeness (QED) is 0.699. The van der Waals surface area contributed by atoms with Gasteiger partial charge in [-0.3, -0.25) is 0 Å². The molecule has 1 saturated carbocycles. The van der Waals surface area contributed by atoms with Crippen molar-refractivity contribution in [1.82, 2.24) is 10.2 Å². The lowest BCUT2D eigenvalue weighted by atomic mass is 9.89. The number of carbonyl (C=O) groups excluding carboxylic acids is 1. The van der Waals surface area contributed by atoms with Gasteiger partial charge in [0.2, 0.25) is 0 Å². The van der Waals surface area contributed by atoms with Crippen molar-refractivity contribution in [2.45, 2.75) is 58.4 Å². The molecule has 2 aliphatic rings. The van der Waals surface area contributed by atoms with Crippen LogP contribution in [0.1, 0.15) is 52.9 Å². The van der Waals surface area contributed by atoms with Crippen LogP contribution in [-0.4, -0.2) is 49.2 Å². The van der Waals surface area contributed by atoms with E-state index in [-0.39, 0.29) is 5.97 Å². The van der Waals surface area contributed by atoms with Crippen LogP contribution in [0.3, 0.4) is 0 Å². The molecule has 0 amide bonds. The van der Waals surface area contributed by atoms with Crippen molar-refractivity contribution < 1.29 is 9.53 Å². The Bertz CT molecular complexity index is 336. The SMILES string of the molecule is CCNC(CN1CCC(CC)CC1)(C(=O)OCC)C1CC1. The summed E-state index contributed by atoms with van der Waals surface area (Å²) in [5.41, 5.74) is -0.468. The second-order valence-corrected chi connectivity index (χ2v) is 6.62. The highest BCUT2D eigenvalue weighted by Crippen LogP contribution is 2.41. The Morgan fingerprint density at radius 1 is 1.19 bits per heavy atom. The number of rotatable bonds is 8. The van der Waals surface area contributed by atoms with Gasteiger partial charge in [-0.1, -0.05) is 20.3 Å². The highest BCUT2D eigenvalue weighted by molar-refractivity contribution is 5.82. The van der Waals surface area contributed by atoms with E-state index in [1.54, 1.807) is 0 Å². The molecule has 4 heteroatoms. The van der Waals surface area contributed by atoms with E-state index in [1.165, 1.54) is 19.3 Å². The first-order valence-corrected chi connectivity index (χ1v) is 8.80. The second-order valence-electron chi connectivity index (χ2n) is 6.62. The molecule has 21 heavy (non-hydrogen) atoms. The fourth-order valence-electron chi connectivity index (χ4n) is 3.69. The Morgan fingerprint density at radius 2 is 1.86 bits per heavy atom. The van der Waals surface area contributed by atoms with Crippen molar-refractivity contribution in [3.63, 3.8) is 0 Å². The number of hydrogen-bond donors (Lipinski definition) is 1. The van der Waals surface area contributed by atoms with Crippen LogP contribution in [0.5, 0.6) is 0 Å². The molecular weight excluding hydrogens is 264 g/mol. The van der Waals surface area contributed by atoms with Gasteiger partial charge in [0.05, 0.1) is 6.61 Å². The molecule has 0 bridgehead atoms. The molecule has 0 spiro atoms. The lowest BCUT2D eigenvalue weighted by molar-refractivity contribution is -0.153. The van der Waals surface area contributed by atoms with Gasteiger partial charge in [-0.2, -0.15) is 0 Å². The molecule has 1 aliphatic carbocycles. The summed E-state index contributed by atoms with van der Waals surface area (Å²) in [5.74, 6) is 1.30. The zero-order valence-electron chi connectivity index (χ0n) is 14.0. The molecule has 0 aromatic heterocycles. The molecule has 1 N–H and O–H groups in total. The van der Waals surface area contributed by atoms with Gasteiger partial charge in [0.15, 0.2) is 0 Å². The van der Waals surface area contributed by atoms with Crippen LogP contribution in [-0.2, 0) is 9.53 Å². The van der Waals surface area contributed by atoms with Gasteiger partial charge in [0.1, 0.15) is 5.54 Å². The minimum absolute atomic E-state index is 0.0352. The van der Waals surface area contributed by atoms with Gasteiger partial charge >= 0.3 is 5.97 Å². The number of piperidine rings is 1. The van der Waals surface area contributed by atoms with Crippen LogP contribution >= 0.6 is 0 Å². The third-order valence-electron chi connectivity index (χ3n) is 5.16. The summed E-state index contributed by atoms with van der Waals surface area (Å²) in [5, 5.41) is 3.50. The average molecular weight is 296 g/mol. The molecule has 1 unspecified atom stereocenters. The first-order chi connectivity index (χ1) is 10.2. The lowest BCUT2D eigenvalue weighted by Gasteiger charge is -2.40. The first kappa shape index (κ1) is 16.8. The predicted molar refractivity (Wildman–Crippen MR) is 85.2 cm³/mol. The van der Waals surface area contributed by atoms with Crippen molar-refractivity contribution in [1.29, 1.82) is 0 Å². The summed E-state index contributed by atoms with van der Waals surface area (Å²) >= 11 is 0. The Labute approximate surface area is 129 Å². The largest absolute Gasteiger partial charge is 0.465 e. The van der Waals surface area contributed by atoms with Crippen LogP contribution in [0.25, 0.3) is 0 Å². The topological polar surface area (TPSA) is 41.6 Å². The van der Waals surface area contributed by atoms with Crippen molar-refractivity contribution in [2.24, 2.45) is 11.8 Å². The summed E-state index contributed by atoms with van der Waals surface area (Å²) < 4.78 is 5.42. The monoisotopic (exact) mass is 296 g/mol. The van der Waals surface area contributed by atoms with E-state index in [2.05, 4.69) is 24.1 Å². The van der Waals surface area contributed by atoms with Crippen LogP contribution in [0.2, 0.25) is 0 Å². The molecule has 1 atom stereocenters. The van der Waals surface area contributed by atoms with E-state index in [1.807, 2.05) is 6.92 Å². The van der Waals surface area contributed by atoms with E-state index in [4.69, 9.17) is 4.74 Å². The molecule has 2 rings (SSSR count). The fraction of sp³-hybridized carbons (Fsp3) is 0.941. The number of carbonyl (C=O) groups is 1. The molecule has 0 aromatic carbocycles. The van der Waals surface area contributed by atoms with E-state index < -0.39 is 5.54 Å². The maximum atomic E-state index is 12.6. The van der Waals surface area contributed by atoms with Crippen LogP contribution in [0.15, 0.2) is 0 Å². The van der Waals surface area contributed by atoms with E-state index >= 15 is 0 Å². The third kappa shape index (κ3) is 3.98. The van der Waals surface area contributed by atoms with Gasteiger partial charge in [-0.25, -0.2) is 4.79 Å². The van der Waals surface area contributed by atoms with Gasteiger partial charge in [0, 0.05) is 6.54 Å². The number of ether oxygens (including phenoxy) is 1. The Balaban J connectivity index is 2.03. The smallest absolute Gasteiger partial charge is 0.327 e. The van der Waals surface area contributed by atoms with Crippen LogP contribution in [0, 0.1) is 11.8 Å². The van der Waals surface area contributed by atoms with E-state index in [9.17, 15) is 4.79 Å². The Morgan fingerprint density at radius 3 is 2.33 bits per heavy atom. The average Bonchev–Trinajstić information content (AvgIpc) is 3.32. The van der Waals surface area contributed by atoms with Crippen LogP contribution < -0.4 is 5.32 Å². The fourth-order valence-corrected chi connectivity index (χ4v) is 3.69. The van der Waals surface area contributed by atoms with Crippen molar-refractivity contribution in [3.8, 4) is 0 Å². The summed E-state index contributed by atoms with van der Waals surface area (Å²) in [6, 6.07) is 0. The summed E-state index contributed by atoms with van der Waals surface area (Å²) in [7, 11) is 0. The molecule has 0 radical (unpaired) electrons. The molecule has 4 nitrogen and oxygen atoms in total. The highest BCUT2D eigenvalue weighted by atomic mass is 16.5. The van der Waals surface area contributed by atoms with Crippen molar-refractivity contribution >= 4 is 5.97 Å². The van der Waals surface area contributed by atoms with Crippen LogP contribution in [0.4, 0.5) is 0 Å². The van der Waals surface area contributed by atoms with Gasteiger partial charge < -0.3 is 15.0 Å². The maximum Gasteiger partial charge on any atom is 0.327 e. The van der Waals surface area contributed by atoms with Crippen molar-refractivity contribution in [2.75, 3.05) is 32.8 Å². The van der Waals surface area contributed by atoms with E-state index in [0.29, 0.717) is 12.5 Å². The Kier molecular flexibility index (Phi) is 6.06. The number of esters is 1. The molecule has 1 heterocycles. The molecule has 1 aliphatic heterocycles. The Hall–Kier alpha value is -0.610. The molecule has 122 valence electrons. The van der Waals surface area contributed by atoms with Gasteiger partial charge in [-0.05, 0) is 64.1 Å². The number of likely N-dealkylation sites (tertiary alicyclic amines) is 1. The maximum absolute atomic E-state index is 12.6. The van der Waals surface area contributed by atoms with Gasteiger partial charge in [0.25, 0.3) is 0 Å². The summed E-state index contributed by atoms with van der Waals surface area (Å²) in [6.07, 6.45) is 6.12. The number of likely N-dealkylation sites (N-methyl/N-ethyl adjacent to an activating group) is 1.